The second kappa shape index (κ2) is 9.38. The first-order chi connectivity index (χ1) is 16.8. The van der Waals surface area contributed by atoms with Gasteiger partial charge in [0.05, 0.1) is 15.7 Å². The molecule has 0 spiro atoms. The van der Waals surface area contributed by atoms with Crippen molar-refractivity contribution in [2.75, 3.05) is 5.73 Å². The molecular weight excluding hydrogens is 463 g/mol. The van der Waals surface area contributed by atoms with E-state index in [0.717, 1.165) is 42.9 Å². The van der Waals surface area contributed by atoms with Crippen LogP contribution >= 0.6 is 11.3 Å². The van der Waals surface area contributed by atoms with Gasteiger partial charge in [-0.3, -0.25) is 0 Å². The Bertz CT molecular complexity index is 1530. The molecule has 0 saturated heterocycles. The number of carboxylic acid groups (broad SMARTS) is 1. The van der Waals surface area contributed by atoms with E-state index >= 15 is 0 Å². The summed E-state index contributed by atoms with van der Waals surface area (Å²) in [7, 11) is 0. The zero-order valence-corrected chi connectivity index (χ0v) is 20.8. The van der Waals surface area contributed by atoms with Crippen molar-refractivity contribution in [1.82, 2.24) is 9.55 Å². The lowest BCUT2D eigenvalue weighted by Gasteiger charge is -2.15. The van der Waals surface area contributed by atoms with Gasteiger partial charge in [0.2, 0.25) is 0 Å². The molecule has 0 atom stereocenters. The Labute approximate surface area is 206 Å². The molecule has 5 aromatic rings. The van der Waals surface area contributed by atoms with Crippen LogP contribution in [0, 0.1) is 11.2 Å². The van der Waals surface area contributed by atoms with E-state index < -0.39 is 5.97 Å². The fourth-order valence-corrected chi connectivity index (χ4v) is 5.47. The summed E-state index contributed by atoms with van der Waals surface area (Å²) in [4.78, 5) is 15.3. The lowest BCUT2D eigenvalue weighted by Crippen LogP contribution is -2.03. The third-order valence-electron chi connectivity index (χ3n) is 5.78. The minimum absolute atomic E-state index is 0.108. The second-order valence-corrected chi connectivity index (χ2v) is 9.33. The number of halogens is 1. The number of carbonyl (C=O) groups is 1. The largest absolute Gasteiger partial charge is 0.477 e. The topological polar surface area (TPSA) is 108 Å². The van der Waals surface area contributed by atoms with E-state index in [1.807, 2.05) is 32.0 Å². The van der Waals surface area contributed by atoms with Crippen molar-refractivity contribution in [2.24, 2.45) is 0 Å². The zero-order valence-electron chi connectivity index (χ0n) is 19.9. The van der Waals surface area contributed by atoms with Crippen LogP contribution in [0.4, 0.5) is 10.1 Å². The molecular formula is C27H27FN4O2S. The number of rotatable bonds is 5. The number of hydrogen-bond acceptors (Lipinski definition) is 4. The van der Waals surface area contributed by atoms with E-state index in [1.165, 1.54) is 29.7 Å². The van der Waals surface area contributed by atoms with Crippen LogP contribution in [0.1, 0.15) is 55.4 Å². The summed E-state index contributed by atoms with van der Waals surface area (Å²) in [5.74, 6) is -1.20. The summed E-state index contributed by atoms with van der Waals surface area (Å²) < 4.78 is 16.6. The number of benzene rings is 2. The van der Waals surface area contributed by atoms with E-state index in [-0.39, 0.29) is 17.4 Å². The van der Waals surface area contributed by atoms with Gasteiger partial charge in [-0.25, -0.2) is 9.18 Å². The number of nitrogens with two attached hydrogens (primary N) is 1. The molecule has 0 fully saturated rings. The first-order valence-electron chi connectivity index (χ1n) is 11.4. The van der Waals surface area contributed by atoms with Crippen LogP contribution in [0.15, 0.2) is 48.5 Å². The standard InChI is InChI=1S/C25H21FN4O2S.C2H6/c1-12(2)24-23(22-9-18-21(33-22)10-19(29-18)25(31)32)16-8-17(28)13(11-27)7-20(16)30(24)15-5-3-14(26)4-6-15;1-2/h3-12,27,29H,28H2,1-2H3,(H,31,32);1-2H3. The van der Waals surface area contributed by atoms with Crippen LogP contribution in [0.3, 0.4) is 0 Å². The molecule has 35 heavy (non-hydrogen) atoms. The highest BCUT2D eigenvalue weighted by Crippen LogP contribution is 2.45. The molecule has 3 heterocycles. The highest BCUT2D eigenvalue weighted by atomic mass is 32.1. The molecule has 0 aliphatic heterocycles. The van der Waals surface area contributed by atoms with Crippen LogP contribution < -0.4 is 5.73 Å². The SMILES string of the molecule is CC.CC(C)c1c(-c2cc3[nH]c(C(=O)O)cc3s2)c2cc(N)c(C=N)cc2n1-c1ccc(F)cc1. The molecule has 6 nitrogen and oxygen atoms in total. The average molecular weight is 491 g/mol. The number of nitrogens with zero attached hydrogens (tertiary/aromatic N) is 1. The number of thiophene rings is 1. The number of aromatic amines is 1. The van der Waals surface area contributed by atoms with Crippen molar-refractivity contribution in [1.29, 1.82) is 5.41 Å². The van der Waals surface area contributed by atoms with Crippen LogP contribution in [0.2, 0.25) is 0 Å². The van der Waals surface area contributed by atoms with Crippen molar-refractivity contribution in [3.05, 3.63) is 71.3 Å². The monoisotopic (exact) mass is 490 g/mol. The number of H-pyrrole nitrogens is 1. The number of aromatic nitrogens is 2. The molecule has 5 rings (SSSR count). The van der Waals surface area contributed by atoms with Crippen LogP contribution in [-0.4, -0.2) is 26.8 Å². The van der Waals surface area contributed by atoms with Crippen LogP contribution in [0.25, 0.3) is 37.2 Å². The number of hydrogen-bond donors (Lipinski definition) is 4. The minimum atomic E-state index is -0.998. The summed E-state index contributed by atoms with van der Waals surface area (Å²) in [5.41, 5.74) is 12.0. The smallest absolute Gasteiger partial charge is 0.352 e. The van der Waals surface area contributed by atoms with Gasteiger partial charge < -0.3 is 25.8 Å². The number of fused-ring (bicyclic) bond motifs is 2. The van der Waals surface area contributed by atoms with Gasteiger partial charge in [0.15, 0.2) is 0 Å². The normalized spacial score (nSPS) is 11.1. The maximum atomic E-state index is 13.7. The average Bonchev–Trinajstić information content (AvgIpc) is 3.50. The summed E-state index contributed by atoms with van der Waals surface area (Å²) >= 11 is 1.51. The lowest BCUT2D eigenvalue weighted by molar-refractivity contribution is 0.0691. The Kier molecular flexibility index (Phi) is 6.49. The third-order valence-corrected chi connectivity index (χ3v) is 6.88. The van der Waals surface area contributed by atoms with E-state index in [2.05, 4.69) is 23.4 Å². The Hall–Kier alpha value is -3.91. The minimum Gasteiger partial charge on any atom is -0.477 e. The second-order valence-electron chi connectivity index (χ2n) is 8.25. The Balaban J connectivity index is 0.00000141. The van der Waals surface area contributed by atoms with Crippen molar-refractivity contribution in [2.45, 2.75) is 33.6 Å². The van der Waals surface area contributed by atoms with Crippen LogP contribution in [-0.2, 0) is 0 Å². The molecule has 0 unspecified atom stereocenters. The number of nitrogen functional groups attached to an aromatic ring is 1. The number of aromatic carboxylic acids is 1. The molecule has 0 aliphatic carbocycles. The predicted molar refractivity (Wildman–Crippen MR) is 143 cm³/mol. The predicted octanol–water partition coefficient (Wildman–Crippen LogP) is 7.41. The zero-order chi connectivity index (χ0) is 25.4. The Morgan fingerprint density at radius 2 is 1.86 bits per heavy atom. The van der Waals surface area contributed by atoms with Crippen molar-refractivity contribution >= 4 is 50.3 Å². The maximum absolute atomic E-state index is 13.7. The molecule has 0 saturated carbocycles. The number of nitrogens with one attached hydrogen (secondary N) is 2. The van der Waals surface area contributed by atoms with Gasteiger partial charge in [-0.1, -0.05) is 27.7 Å². The summed E-state index contributed by atoms with van der Waals surface area (Å²) in [5, 5.41) is 18.0. The van der Waals surface area contributed by atoms with E-state index in [4.69, 9.17) is 11.1 Å². The van der Waals surface area contributed by atoms with Gasteiger partial charge in [-0.15, -0.1) is 11.3 Å². The Morgan fingerprint density at radius 1 is 1.17 bits per heavy atom. The summed E-state index contributed by atoms with van der Waals surface area (Å²) in [6.45, 7) is 8.20. The fourth-order valence-electron chi connectivity index (χ4n) is 4.35. The lowest BCUT2D eigenvalue weighted by atomic mass is 10.0. The summed E-state index contributed by atoms with van der Waals surface area (Å²) in [6.07, 6.45) is 1.23. The van der Waals surface area contributed by atoms with Gasteiger partial charge in [-0.2, -0.15) is 0 Å². The molecule has 180 valence electrons. The van der Waals surface area contributed by atoms with E-state index in [0.29, 0.717) is 11.3 Å². The first kappa shape index (κ1) is 24.2. The van der Waals surface area contributed by atoms with Crippen LogP contribution in [0.5, 0.6) is 0 Å². The molecule has 5 N–H and O–H groups in total. The van der Waals surface area contributed by atoms with Gasteiger partial charge in [0.1, 0.15) is 11.5 Å². The first-order valence-corrected chi connectivity index (χ1v) is 12.2. The van der Waals surface area contributed by atoms with Gasteiger partial charge in [0, 0.05) is 44.7 Å². The molecule has 0 bridgehead atoms. The summed E-state index contributed by atoms with van der Waals surface area (Å²) in [6, 6.07) is 13.7. The molecule has 0 amide bonds. The highest BCUT2D eigenvalue weighted by Gasteiger charge is 2.25. The molecule has 2 aromatic carbocycles. The van der Waals surface area contributed by atoms with Crippen molar-refractivity contribution in [3.63, 3.8) is 0 Å². The molecule has 8 heteroatoms. The van der Waals surface area contributed by atoms with Gasteiger partial charge in [-0.05, 0) is 54.4 Å². The van der Waals surface area contributed by atoms with Crippen molar-refractivity contribution in [3.8, 4) is 16.1 Å². The third kappa shape index (κ3) is 4.10. The van der Waals surface area contributed by atoms with Gasteiger partial charge in [0.25, 0.3) is 0 Å². The van der Waals surface area contributed by atoms with Gasteiger partial charge >= 0.3 is 5.97 Å². The number of carboxylic acids is 1. The molecule has 3 aromatic heterocycles. The quantitative estimate of drug-likeness (QED) is 0.152. The van der Waals surface area contributed by atoms with E-state index in [9.17, 15) is 14.3 Å². The van der Waals surface area contributed by atoms with E-state index in [1.54, 1.807) is 18.2 Å². The Morgan fingerprint density at radius 3 is 2.43 bits per heavy atom. The maximum Gasteiger partial charge on any atom is 0.352 e. The fraction of sp³-hybridized carbons (Fsp3) is 0.185. The number of anilines is 1. The van der Waals surface area contributed by atoms with Crippen molar-refractivity contribution < 1.29 is 14.3 Å². The molecule has 0 aliphatic rings. The molecule has 0 radical (unpaired) electrons. The highest BCUT2D eigenvalue weighted by molar-refractivity contribution is 7.22.